The molecule has 0 radical (unpaired) electrons. The number of alkyl halides is 6. The fourth-order valence-corrected chi connectivity index (χ4v) is 4.58. The summed E-state index contributed by atoms with van der Waals surface area (Å²) in [6.45, 7) is 5.59. The van der Waals surface area contributed by atoms with Crippen LogP contribution in [0.5, 0.6) is 0 Å². The molecule has 1 aliphatic heterocycles. The summed E-state index contributed by atoms with van der Waals surface area (Å²) in [6.07, 6.45) is -4.60. The van der Waals surface area contributed by atoms with Crippen molar-refractivity contribution in [3.63, 3.8) is 0 Å². The molecule has 0 saturated carbocycles. The van der Waals surface area contributed by atoms with Crippen LogP contribution >= 0.6 is 11.3 Å². The predicted octanol–water partition coefficient (Wildman–Crippen LogP) is 5.00. The zero-order valence-corrected chi connectivity index (χ0v) is 22.4. The summed E-state index contributed by atoms with van der Waals surface area (Å²) in [4.78, 5) is 27.2. The van der Waals surface area contributed by atoms with Crippen LogP contribution in [0.2, 0.25) is 0 Å². The fourth-order valence-electron chi connectivity index (χ4n) is 3.65. The molecule has 0 aromatic carbocycles. The molecule has 1 fully saturated rings. The van der Waals surface area contributed by atoms with Crippen LogP contribution < -0.4 is 0 Å². The monoisotopic (exact) mass is 619 g/mol. The van der Waals surface area contributed by atoms with Crippen LogP contribution in [0.15, 0.2) is 55.0 Å². The highest BCUT2D eigenvalue weighted by atomic mass is 32.1. The van der Waals surface area contributed by atoms with Crippen molar-refractivity contribution in [3.05, 3.63) is 70.4 Å². The third-order valence-electron chi connectivity index (χ3n) is 5.55. The maximum Gasteiger partial charge on any atom is 0.490 e. The quantitative estimate of drug-likeness (QED) is 0.303. The molecule has 5 heterocycles. The van der Waals surface area contributed by atoms with E-state index < -0.39 is 24.3 Å². The van der Waals surface area contributed by atoms with Gasteiger partial charge >= 0.3 is 24.3 Å². The second-order valence-corrected chi connectivity index (χ2v) is 10.0. The fraction of sp³-hybridized carbons (Fsp3) is 0.320. The molecule has 0 aliphatic carbocycles. The Bertz CT molecular complexity index is 1470. The molecule has 2 N–H and O–H groups in total. The molecule has 10 nitrogen and oxygen atoms in total. The van der Waals surface area contributed by atoms with Gasteiger partial charge in [0.25, 0.3) is 0 Å². The Balaban J connectivity index is 0.000000289. The smallest absolute Gasteiger partial charge is 0.475 e. The number of hydrogen-bond donors (Lipinski definition) is 2. The number of carboxylic acid groups (broad SMARTS) is 2. The number of ether oxygens (including phenoxy) is 1. The number of aryl methyl sites for hydroxylation is 1. The maximum atomic E-state index is 10.6. The lowest BCUT2D eigenvalue weighted by atomic mass is 10.1. The van der Waals surface area contributed by atoms with Crippen LogP contribution in [-0.2, 0) is 20.9 Å². The van der Waals surface area contributed by atoms with Crippen molar-refractivity contribution >= 4 is 28.8 Å². The van der Waals surface area contributed by atoms with Crippen LogP contribution in [0.25, 0.3) is 16.6 Å². The first kappa shape index (κ1) is 32.4. The molecule has 4 aromatic rings. The normalized spacial score (nSPS) is 15.7. The van der Waals surface area contributed by atoms with Gasteiger partial charge in [0.1, 0.15) is 11.8 Å². The molecule has 5 rings (SSSR count). The van der Waals surface area contributed by atoms with Crippen molar-refractivity contribution in [1.29, 1.82) is 0 Å². The zero-order chi connectivity index (χ0) is 31.1. The van der Waals surface area contributed by atoms with Crippen LogP contribution in [0.1, 0.15) is 21.6 Å². The summed E-state index contributed by atoms with van der Waals surface area (Å²) in [5.41, 5.74) is 4.03. The van der Waals surface area contributed by atoms with Gasteiger partial charge in [-0.1, -0.05) is 17.3 Å². The average molecular weight is 620 g/mol. The average Bonchev–Trinajstić information content (AvgIpc) is 3.54. The highest BCUT2D eigenvalue weighted by Crippen LogP contribution is 2.28. The molecule has 0 bridgehead atoms. The zero-order valence-electron chi connectivity index (χ0n) is 21.6. The van der Waals surface area contributed by atoms with Gasteiger partial charge in [0, 0.05) is 59.1 Å². The number of hydrogen-bond acceptors (Lipinski definition) is 8. The lowest BCUT2D eigenvalue weighted by molar-refractivity contribution is -0.193. The van der Waals surface area contributed by atoms with Crippen molar-refractivity contribution < 1.29 is 50.9 Å². The summed E-state index contributed by atoms with van der Waals surface area (Å²) in [6, 6.07) is 12.5. The van der Waals surface area contributed by atoms with Crippen LogP contribution in [0.4, 0.5) is 26.3 Å². The van der Waals surface area contributed by atoms with Crippen molar-refractivity contribution in [2.75, 3.05) is 19.7 Å². The molecular weight excluding hydrogens is 596 g/mol. The minimum atomic E-state index is -5.08. The van der Waals surface area contributed by atoms with E-state index in [1.807, 2.05) is 40.4 Å². The van der Waals surface area contributed by atoms with E-state index in [1.165, 1.54) is 9.75 Å². The van der Waals surface area contributed by atoms with E-state index in [0.717, 1.165) is 42.0 Å². The summed E-state index contributed by atoms with van der Waals surface area (Å²) in [5, 5.41) is 23.0. The second kappa shape index (κ2) is 13.7. The first-order chi connectivity index (χ1) is 19.6. The van der Waals surface area contributed by atoms with Gasteiger partial charge in [0.15, 0.2) is 0 Å². The maximum absolute atomic E-state index is 10.6. The number of halogens is 6. The number of rotatable bonds is 4. The number of thiophene rings is 1. The Labute approximate surface area is 237 Å². The first-order valence-corrected chi connectivity index (χ1v) is 12.7. The Morgan fingerprint density at radius 3 is 2.24 bits per heavy atom. The van der Waals surface area contributed by atoms with E-state index in [-0.39, 0.29) is 6.10 Å². The summed E-state index contributed by atoms with van der Waals surface area (Å²) >= 11 is 1.86. The largest absolute Gasteiger partial charge is 0.490 e. The minimum absolute atomic E-state index is 0.0587. The topological polar surface area (TPSA) is 130 Å². The number of carbonyl (C=O) groups is 2. The number of nitrogens with zero attached hydrogens (tertiary/aromatic N) is 5. The van der Waals surface area contributed by atoms with Crippen molar-refractivity contribution in [2.24, 2.45) is 0 Å². The predicted molar refractivity (Wildman–Crippen MR) is 137 cm³/mol. The van der Waals surface area contributed by atoms with Gasteiger partial charge in [0.2, 0.25) is 0 Å². The Kier molecular flexibility index (Phi) is 10.6. The van der Waals surface area contributed by atoms with Gasteiger partial charge in [-0.3, -0.25) is 9.88 Å². The minimum Gasteiger partial charge on any atom is -0.475 e. The van der Waals surface area contributed by atoms with E-state index in [9.17, 15) is 26.3 Å². The molecule has 42 heavy (non-hydrogen) atoms. The second-order valence-electron chi connectivity index (χ2n) is 8.68. The van der Waals surface area contributed by atoms with Gasteiger partial charge in [-0.25, -0.2) is 14.1 Å². The van der Waals surface area contributed by atoms with Gasteiger partial charge in [-0.05, 0) is 31.2 Å². The van der Waals surface area contributed by atoms with Gasteiger partial charge in [-0.15, -0.1) is 16.4 Å². The highest BCUT2D eigenvalue weighted by molar-refractivity contribution is 7.11. The lowest BCUT2D eigenvalue weighted by Crippen LogP contribution is -2.37. The van der Waals surface area contributed by atoms with E-state index >= 15 is 0 Å². The molecule has 4 aromatic heterocycles. The van der Waals surface area contributed by atoms with E-state index in [0.29, 0.717) is 6.61 Å². The number of aliphatic carboxylic acids is 2. The Hall–Kier alpha value is -4.09. The summed E-state index contributed by atoms with van der Waals surface area (Å²) < 4.78 is 71.4. The van der Waals surface area contributed by atoms with E-state index in [2.05, 4.69) is 51.4 Å². The van der Waals surface area contributed by atoms with E-state index in [1.54, 1.807) is 6.20 Å². The lowest BCUT2D eigenvalue weighted by Gasteiger charge is -2.31. The van der Waals surface area contributed by atoms with Gasteiger partial charge in [-0.2, -0.15) is 26.3 Å². The molecule has 17 heteroatoms. The molecule has 226 valence electrons. The Morgan fingerprint density at radius 1 is 1.02 bits per heavy atom. The molecule has 0 amide bonds. The standard InChI is InChI=1S/C21H21N5OS.2C2HF3O2/c1-15-4-6-18(28-15)13-25-9-10-27-20(14-25)21-19-7-5-17(12-26(19)24-23-21)16-3-2-8-22-11-16;2*3-2(4,5)1(6)7/h2-8,11-12,20H,9-10,13-14H2,1H3;2*(H,6,7). The molecule has 0 spiro atoms. The SMILES string of the molecule is Cc1ccc(CN2CCOC(c3nnn4cc(-c5cccnc5)ccc34)C2)s1.O=C(O)C(F)(F)F.O=C(O)C(F)(F)F. The van der Waals surface area contributed by atoms with Crippen molar-refractivity contribution in [2.45, 2.75) is 31.9 Å². The number of fused-ring (bicyclic) bond motifs is 1. The summed E-state index contributed by atoms with van der Waals surface area (Å²) in [5.74, 6) is -5.51. The van der Waals surface area contributed by atoms with Crippen LogP contribution in [0, 0.1) is 6.92 Å². The molecule has 1 saturated heterocycles. The number of morpholine rings is 1. The van der Waals surface area contributed by atoms with Gasteiger partial charge < -0.3 is 14.9 Å². The third-order valence-corrected chi connectivity index (χ3v) is 6.54. The molecule has 1 aliphatic rings. The third kappa shape index (κ3) is 9.22. The highest BCUT2D eigenvalue weighted by Gasteiger charge is 2.38. The summed E-state index contributed by atoms with van der Waals surface area (Å²) in [7, 11) is 0. The molecule has 1 unspecified atom stereocenters. The molecular formula is C25H23F6N5O5S. The number of carboxylic acids is 2. The number of aromatic nitrogens is 4. The Morgan fingerprint density at radius 2 is 1.69 bits per heavy atom. The van der Waals surface area contributed by atoms with Crippen LogP contribution in [0.3, 0.4) is 0 Å². The molecule has 1 atom stereocenters. The van der Waals surface area contributed by atoms with Gasteiger partial charge in [0.05, 0.1) is 12.1 Å². The van der Waals surface area contributed by atoms with E-state index in [4.69, 9.17) is 24.5 Å². The van der Waals surface area contributed by atoms with Crippen molar-refractivity contribution in [1.82, 2.24) is 24.7 Å². The first-order valence-electron chi connectivity index (χ1n) is 11.9. The van der Waals surface area contributed by atoms with Crippen molar-refractivity contribution in [3.8, 4) is 11.1 Å². The van der Waals surface area contributed by atoms with Crippen LogP contribution in [-0.4, -0.2) is 78.9 Å². The number of pyridine rings is 2.